The van der Waals surface area contributed by atoms with Crippen LogP contribution >= 0.6 is 22.7 Å². The van der Waals surface area contributed by atoms with Crippen LogP contribution in [-0.4, -0.2) is 10.1 Å². The van der Waals surface area contributed by atoms with Gasteiger partial charge in [-0.25, -0.2) is 4.98 Å². The summed E-state index contributed by atoms with van der Waals surface area (Å²) >= 11 is 1.88. The van der Waals surface area contributed by atoms with Crippen molar-refractivity contribution in [2.75, 3.05) is 0 Å². The van der Waals surface area contributed by atoms with Crippen LogP contribution in [0.15, 0.2) is 18.3 Å². The van der Waals surface area contributed by atoms with Crippen LogP contribution in [0.2, 0.25) is 0 Å². The minimum atomic E-state index is -4.45. The van der Waals surface area contributed by atoms with E-state index in [1.54, 1.807) is 6.07 Å². The summed E-state index contributed by atoms with van der Waals surface area (Å²) < 4.78 is 37.2. The summed E-state index contributed by atoms with van der Waals surface area (Å²) in [5, 5.41) is 9.07. The van der Waals surface area contributed by atoms with Crippen molar-refractivity contribution in [3.05, 3.63) is 38.0 Å². The number of hydrogen-bond donors (Lipinski definition) is 1. The third-order valence-electron chi connectivity index (χ3n) is 2.34. The average Bonchev–Trinajstić information content (AvgIpc) is 2.96. The van der Waals surface area contributed by atoms with E-state index in [1.165, 1.54) is 11.3 Å². The first-order chi connectivity index (χ1) is 8.41. The Morgan fingerprint density at radius 3 is 2.50 bits per heavy atom. The molecule has 0 aliphatic heterocycles. The lowest BCUT2D eigenvalue weighted by Gasteiger charge is -2.04. The summed E-state index contributed by atoms with van der Waals surface area (Å²) in [6, 6.07) is 3.61. The topological polar surface area (TPSA) is 33.1 Å². The van der Waals surface area contributed by atoms with Crippen LogP contribution in [0.25, 0.3) is 0 Å². The second-order valence-electron chi connectivity index (χ2n) is 3.63. The molecule has 0 spiro atoms. The van der Waals surface area contributed by atoms with Crippen LogP contribution in [-0.2, 0) is 12.6 Å². The van der Waals surface area contributed by atoms with Crippen LogP contribution in [0, 0.1) is 0 Å². The number of alkyl halides is 3. The molecule has 0 saturated carbocycles. The first-order valence-corrected chi connectivity index (χ1v) is 6.84. The summed E-state index contributed by atoms with van der Waals surface area (Å²) in [6.45, 7) is 1.98. The van der Waals surface area contributed by atoms with E-state index in [4.69, 9.17) is 0 Å². The summed E-state index contributed by atoms with van der Waals surface area (Å²) in [4.78, 5) is 5.24. The van der Waals surface area contributed by atoms with Crippen LogP contribution in [0.1, 0.15) is 32.7 Å². The number of nitrogens with zero attached hydrogens (tertiary/aromatic N) is 1. The Labute approximate surface area is 110 Å². The molecule has 2 nitrogen and oxygen atoms in total. The van der Waals surface area contributed by atoms with E-state index >= 15 is 0 Å². The molecule has 1 atom stereocenters. The van der Waals surface area contributed by atoms with Crippen molar-refractivity contribution in [1.82, 2.24) is 4.98 Å². The molecule has 7 heteroatoms. The van der Waals surface area contributed by atoms with Crippen molar-refractivity contribution in [3.8, 4) is 0 Å². The Kier molecular flexibility index (Phi) is 3.74. The highest BCUT2D eigenvalue weighted by atomic mass is 32.1. The fraction of sp³-hybridized carbons (Fsp3) is 0.364. The van der Waals surface area contributed by atoms with Gasteiger partial charge in [0.2, 0.25) is 0 Å². The maximum Gasteiger partial charge on any atom is 0.443 e. The van der Waals surface area contributed by atoms with Gasteiger partial charge in [0.25, 0.3) is 0 Å². The quantitative estimate of drug-likeness (QED) is 0.932. The molecule has 0 aromatic carbocycles. The van der Waals surface area contributed by atoms with Gasteiger partial charge >= 0.3 is 6.18 Å². The van der Waals surface area contributed by atoms with Gasteiger partial charge in [-0.1, -0.05) is 6.92 Å². The number of aromatic nitrogens is 1. The van der Waals surface area contributed by atoms with Gasteiger partial charge < -0.3 is 5.11 Å². The fourth-order valence-corrected chi connectivity index (χ4v) is 3.24. The smallest absolute Gasteiger partial charge is 0.382 e. The number of halogens is 3. The monoisotopic (exact) mass is 293 g/mol. The molecule has 0 fully saturated rings. The molecule has 0 aliphatic rings. The molecule has 1 unspecified atom stereocenters. The van der Waals surface area contributed by atoms with Gasteiger partial charge in [0.1, 0.15) is 6.10 Å². The van der Waals surface area contributed by atoms with Crippen molar-refractivity contribution in [3.63, 3.8) is 0 Å². The van der Waals surface area contributed by atoms with Gasteiger partial charge in [0.05, 0.1) is 4.88 Å². The lowest BCUT2D eigenvalue weighted by atomic mass is 10.2. The van der Waals surface area contributed by atoms with E-state index in [-0.39, 0.29) is 4.88 Å². The molecule has 2 rings (SSSR count). The Balaban J connectivity index is 2.23. The standard InChI is InChI=1S/C11H10F3NOS2/c1-2-6-3-4-7(17-6)9(16)8-5-15-10(18-8)11(12,13)14/h3-5,9,16H,2H2,1H3. The Bertz CT molecular complexity index is 532. The third kappa shape index (κ3) is 2.73. The maximum absolute atomic E-state index is 12.4. The third-order valence-corrected chi connectivity index (χ3v) is 4.71. The highest BCUT2D eigenvalue weighted by Crippen LogP contribution is 2.37. The summed E-state index contributed by atoms with van der Waals surface area (Å²) in [5.41, 5.74) is 0. The Hall–Kier alpha value is -0.920. The number of thiophene rings is 1. The molecule has 2 aromatic rings. The summed E-state index contributed by atoms with van der Waals surface area (Å²) in [7, 11) is 0. The Morgan fingerprint density at radius 1 is 1.28 bits per heavy atom. The van der Waals surface area contributed by atoms with Crippen molar-refractivity contribution < 1.29 is 18.3 Å². The molecular formula is C11H10F3NOS2. The molecule has 0 amide bonds. The van der Waals surface area contributed by atoms with Gasteiger partial charge in [-0.15, -0.1) is 22.7 Å². The van der Waals surface area contributed by atoms with E-state index in [9.17, 15) is 18.3 Å². The van der Waals surface area contributed by atoms with Crippen molar-refractivity contribution >= 4 is 22.7 Å². The first kappa shape index (κ1) is 13.5. The lowest BCUT2D eigenvalue weighted by Crippen LogP contribution is -2.03. The highest BCUT2D eigenvalue weighted by Gasteiger charge is 2.35. The SMILES string of the molecule is CCc1ccc(C(O)c2cnc(C(F)(F)F)s2)s1. The zero-order valence-electron chi connectivity index (χ0n) is 9.36. The number of aliphatic hydroxyl groups excluding tert-OH is 1. The second-order valence-corrected chi connectivity index (χ2v) is 5.89. The molecule has 0 saturated heterocycles. The van der Waals surface area contributed by atoms with E-state index in [0.29, 0.717) is 16.2 Å². The predicted molar refractivity (Wildman–Crippen MR) is 64.9 cm³/mol. The maximum atomic E-state index is 12.4. The molecule has 2 aromatic heterocycles. The van der Waals surface area contributed by atoms with Gasteiger partial charge in [0, 0.05) is 16.0 Å². The first-order valence-electron chi connectivity index (χ1n) is 5.21. The minimum absolute atomic E-state index is 0.215. The second kappa shape index (κ2) is 4.99. The highest BCUT2D eigenvalue weighted by molar-refractivity contribution is 7.13. The fourth-order valence-electron chi connectivity index (χ4n) is 1.42. The van der Waals surface area contributed by atoms with Crippen LogP contribution in [0.4, 0.5) is 13.2 Å². The molecule has 0 bridgehead atoms. The summed E-state index contributed by atoms with van der Waals surface area (Å²) in [6.07, 6.45) is -3.55. The normalized spacial score (nSPS) is 13.8. The lowest BCUT2D eigenvalue weighted by molar-refractivity contribution is -0.137. The van der Waals surface area contributed by atoms with Crippen LogP contribution in [0.5, 0.6) is 0 Å². The number of rotatable bonds is 3. The van der Waals surface area contributed by atoms with Gasteiger partial charge in [-0.05, 0) is 18.6 Å². The largest absolute Gasteiger partial charge is 0.443 e. The number of thiazole rings is 1. The summed E-state index contributed by atoms with van der Waals surface area (Å²) in [5.74, 6) is 0. The zero-order valence-corrected chi connectivity index (χ0v) is 11.0. The zero-order chi connectivity index (χ0) is 13.3. The molecule has 0 radical (unpaired) electrons. The molecular weight excluding hydrogens is 283 g/mol. The van der Waals surface area contributed by atoms with Gasteiger partial charge in [-0.3, -0.25) is 0 Å². The number of hydrogen-bond acceptors (Lipinski definition) is 4. The van der Waals surface area contributed by atoms with E-state index in [0.717, 1.165) is 17.5 Å². The average molecular weight is 293 g/mol. The van der Waals surface area contributed by atoms with Crippen molar-refractivity contribution in [2.24, 2.45) is 0 Å². The van der Waals surface area contributed by atoms with E-state index in [1.807, 2.05) is 13.0 Å². The Morgan fingerprint density at radius 2 is 2.00 bits per heavy atom. The molecule has 1 N–H and O–H groups in total. The van der Waals surface area contributed by atoms with E-state index < -0.39 is 17.3 Å². The van der Waals surface area contributed by atoms with Crippen LogP contribution < -0.4 is 0 Å². The number of aryl methyl sites for hydroxylation is 1. The van der Waals surface area contributed by atoms with Crippen LogP contribution in [0.3, 0.4) is 0 Å². The van der Waals surface area contributed by atoms with Crippen molar-refractivity contribution in [1.29, 1.82) is 0 Å². The number of aliphatic hydroxyl groups is 1. The predicted octanol–water partition coefficient (Wildman–Crippen LogP) is 3.87. The minimum Gasteiger partial charge on any atom is -0.382 e. The van der Waals surface area contributed by atoms with Crippen molar-refractivity contribution in [2.45, 2.75) is 25.6 Å². The molecule has 18 heavy (non-hydrogen) atoms. The van der Waals surface area contributed by atoms with Gasteiger partial charge in [0.15, 0.2) is 5.01 Å². The van der Waals surface area contributed by atoms with Gasteiger partial charge in [-0.2, -0.15) is 13.2 Å². The molecule has 98 valence electrons. The molecule has 2 heterocycles. The molecule has 0 aliphatic carbocycles. The van der Waals surface area contributed by atoms with E-state index in [2.05, 4.69) is 4.98 Å².